The Morgan fingerprint density at radius 3 is 2.54 bits per heavy atom. The molecule has 3 aliphatic heterocycles. The van der Waals surface area contributed by atoms with E-state index in [0.29, 0.717) is 29.9 Å². The van der Waals surface area contributed by atoms with Crippen molar-refractivity contribution >= 4 is 51.1 Å². The fourth-order valence-electron chi connectivity index (χ4n) is 5.70. The quantitative estimate of drug-likeness (QED) is 0.329. The Hall–Kier alpha value is -3.91. The summed E-state index contributed by atoms with van der Waals surface area (Å²) in [6.45, 7) is 11.4. The van der Waals surface area contributed by atoms with Crippen LogP contribution in [0.2, 0.25) is 0 Å². The Labute approximate surface area is 272 Å². The number of ether oxygens (including phenoxy) is 2. The number of hydrogen-bond acceptors (Lipinski definition) is 9. The number of anilines is 1. The van der Waals surface area contributed by atoms with Crippen molar-refractivity contribution in [2.24, 2.45) is 10.9 Å². The van der Waals surface area contributed by atoms with Crippen LogP contribution in [0.15, 0.2) is 47.6 Å². The molecule has 0 saturated carbocycles. The van der Waals surface area contributed by atoms with Gasteiger partial charge in [-0.25, -0.2) is 9.18 Å². The molecule has 3 aromatic rings. The summed E-state index contributed by atoms with van der Waals surface area (Å²) in [7, 11) is 0. The molecule has 0 aliphatic carbocycles. The molecule has 1 atom stereocenters. The SMILES string of the molecule is CCCNC(=O)Nc1ccc(Oc2ccnc3cc(C4=CCC(C(=O)N5CCN(CCN6CCOCC6)CC5)C=N4)sc23)c(F)c1. The lowest BCUT2D eigenvalue weighted by molar-refractivity contribution is -0.135. The predicted molar refractivity (Wildman–Crippen MR) is 178 cm³/mol. The number of morpholine rings is 1. The lowest BCUT2D eigenvalue weighted by Crippen LogP contribution is -2.52. The number of amides is 3. The molecule has 13 heteroatoms. The van der Waals surface area contributed by atoms with Crippen LogP contribution in [0.5, 0.6) is 11.5 Å². The molecule has 5 heterocycles. The van der Waals surface area contributed by atoms with E-state index in [1.54, 1.807) is 24.5 Å². The minimum Gasteiger partial charge on any atom is -0.453 e. The number of allylic oxidation sites excluding steroid dienone is 1. The van der Waals surface area contributed by atoms with Crippen molar-refractivity contribution in [1.82, 2.24) is 25.0 Å². The first kappa shape index (κ1) is 32.0. The van der Waals surface area contributed by atoms with Crippen molar-refractivity contribution in [3.8, 4) is 11.5 Å². The summed E-state index contributed by atoms with van der Waals surface area (Å²) in [5.41, 5.74) is 1.83. The number of piperazine rings is 1. The number of thiophene rings is 1. The maximum Gasteiger partial charge on any atom is 0.319 e. The fourth-order valence-corrected chi connectivity index (χ4v) is 6.76. The van der Waals surface area contributed by atoms with Gasteiger partial charge in [0.1, 0.15) is 5.75 Å². The highest BCUT2D eigenvalue weighted by Gasteiger charge is 2.28. The molecule has 2 saturated heterocycles. The van der Waals surface area contributed by atoms with Crippen LogP contribution in [0, 0.1) is 11.7 Å². The van der Waals surface area contributed by atoms with Crippen LogP contribution < -0.4 is 15.4 Å². The number of urea groups is 1. The Balaban J connectivity index is 1.03. The molecule has 2 N–H and O–H groups in total. The highest BCUT2D eigenvalue weighted by Crippen LogP contribution is 2.39. The highest BCUT2D eigenvalue weighted by molar-refractivity contribution is 7.20. The second-order valence-corrected chi connectivity index (χ2v) is 12.6. The largest absolute Gasteiger partial charge is 0.453 e. The zero-order chi connectivity index (χ0) is 31.9. The molecule has 2 fully saturated rings. The molecule has 11 nitrogen and oxygen atoms in total. The Bertz CT molecular complexity index is 1600. The van der Waals surface area contributed by atoms with Gasteiger partial charge in [-0.1, -0.05) is 13.0 Å². The van der Waals surface area contributed by atoms with Crippen LogP contribution in [-0.2, 0) is 9.53 Å². The number of nitrogens with zero attached hydrogens (tertiary/aromatic N) is 5. The van der Waals surface area contributed by atoms with Crippen LogP contribution in [0.1, 0.15) is 24.6 Å². The van der Waals surface area contributed by atoms with E-state index in [0.717, 1.165) is 87.3 Å². The van der Waals surface area contributed by atoms with Crippen molar-refractivity contribution in [1.29, 1.82) is 0 Å². The smallest absolute Gasteiger partial charge is 0.319 e. The van der Waals surface area contributed by atoms with E-state index < -0.39 is 5.82 Å². The second-order valence-electron chi connectivity index (χ2n) is 11.6. The fraction of sp³-hybridized carbons (Fsp3) is 0.455. The van der Waals surface area contributed by atoms with Gasteiger partial charge in [-0.3, -0.25) is 24.6 Å². The molecular weight excluding hydrogens is 609 g/mol. The number of aromatic nitrogens is 1. The van der Waals surface area contributed by atoms with Crippen LogP contribution in [0.4, 0.5) is 14.9 Å². The van der Waals surface area contributed by atoms with Gasteiger partial charge in [0, 0.05) is 89.1 Å². The minimum absolute atomic E-state index is 0.0381. The molecule has 244 valence electrons. The molecule has 1 aromatic carbocycles. The predicted octanol–water partition coefficient (Wildman–Crippen LogP) is 4.67. The zero-order valence-electron chi connectivity index (χ0n) is 26.0. The van der Waals surface area contributed by atoms with Gasteiger partial charge in [0.15, 0.2) is 11.6 Å². The number of aliphatic imine (C=N–C) groups is 1. The number of pyridine rings is 1. The first-order valence-corrected chi connectivity index (χ1v) is 16.7. The summed E-state index contributed by atoms with van der Waals surface area (Å²) in [5.74, 6) is -0.228. The number of carbonyl (C=O) groups excluding carboxylic acids is 2. The lowest BCUT2D eigenvalue weighted by Gasteiger charge is -2.37. The number of rotatable bonds is 10. The minimum atomic E-state index is -0.597. The van der Waals surface area contributed by atoms with Crippen LogP contribution >= 0.6 is 11.3 Å². The number of benzene rings is 1. The maximum atomic E-state index is 14.9. The molecule has 6 rings (SSSR count). The Morgan fingerprint density at radius 1 is 1.04 bits per heavy atom. The van der Waals surface area contributed by atoms with Gasteiger partial charge in [0.25, 0.3) is 0 Å². The van der Waals surface area contributed by atoms with Gasteiger partial charge >= 0.3 is 6.03 Å². The number of halogens is 1. The molecule has 0 radical (unpaired) electrons. The van der Waals surface area contributed by atoms with E-state index in [2.05, 4.69) is 30.4 Å². The Kier molecular flexibility index (Phi) is 10.5. The van der Waals surface area contributed by atoms with E-state index in [-0.39, 0.29) is 23.6 Å². The van der Waals surface area contributed by atoms with Gasteiger partial charge in [-0.2, -0.15) is 0 Å². The summed E-state index contributed by atoms with van der Waals surface area (Å²) >= 11 is 1.46. The van der Waals surface area contributed by atoms with Crippen molar-refractivity contribution in [2.45, 2.75) is 19.8 Å². The maximum absolute atomic E-state index is 14.9. The van der Waals surface area contributed by atoms with Gasteiger partial charge in [-0.05, 0) is 31.0 Å². The van der Waals surface area contributed by atoms with E-state index in [1.165, 1.54) is 23.5 Å². The number of carbonyl (C=O) groups is 2. The molecule has 0 bridgehead atoms. The summed E-state index contributed by atoms with van der Waals surface area (Å²) in [4.78, 5) is 42.1. The second kappa shape index (κ2) is 15.1. The average molecular weight is 650 g/mol. The van der Waals surface area contributed by atoms with E-state index in [4.69, 9.17) is 9.47 Å². The molecular formula is C33H40FN7O4S. The Morgan fingerprint density at radius 2 is 1.83 bits per heavy atom. The summed E-state index contributed by atoms with van der Waals surface area (Å²) in [6, 6.07) is 7.55. The molecule has 46 heavy (non-hydrogen) atoms. The topological polar surface area (TPSA) is 112 Å². The summed E-state index contributed by atoms with van der Waals surface area (Å²) in [5, 5.41) is 5.31. The summed E-state index contributed by atoms with van der Waals surface area (Å²) in [6.07, 6.45) is 6.79. The first-order chi connectivity index (χ1) is 22.5. The van der Waals surface area contributed by atoms with Crippen molar-refractivity contribution < 1.29 is 23.5 Å². The van der Waals surface area contributed by atoms with Gasteiger partial charge < -0.3 is 25.0 Å². The van der Waals surface area contributed by atoms with Gasteiger partial charge in [0.2, 0.25) is 5.91 Å². The lowest BCUT2D eigenvalue weighted by atomic mass is 10.0. The molecule has 3 aliphatic rings. The third kappa shape index (κ3) is 7.89. The number of fused-ring (bicyclic) bond motifs is 1. The van der Waals surface area contributed by atoms with E-state index in [1.807, 2.05) is 24.0 Å². The van der Waals surface area contributed by atoms with Crippen molar-refractivity contribution in [2.75, 3.05) is 77.4 Å². The summed E-state index contributed by atoms with van der Waals surface area (Å²) < 4.78 is 27.1. The monoisotopic (exact) mass is 649 g/mol. The van der Waals surface area contributed by atoms with Crippen molar-refractivity contribution in [3.05, 3.63) is 53.3 Å². The normalized spacial score (nSPS) is 19.2. The van der Waals surface area contributed by atoms with E-state index >= 15 is 0 Å². The van der Waals surface area contributed by atoms with Crippen molar-refractivity contribution in [3.63, 3.8) is 0 Å². The molecule has 2 aromatic heterocycles. The van der Waals surface area contributed by atoms with Crippen LogP contribution in [0.25, 0.3) is 15.9 Å². The van der Waals surface area contributed by atoms with Gasteiger partial charge in [-0.15, -0.1) is 11.3 Å². The molecule has 0 spiro atoms. The third-order valence-corrected chi connectivity index (χ3v) is 9.53. The molecule has 1 unspecified atom stereocenters. The average Bonchev–Trinajstić information content (AvgIpc) is 3.54. The van der Waals surface area contributed by atoms with Crippen LogP contribution in [0.3, 0.4) is 0 Å². The standard InChI is InChI=1S/C33H40FN7O4S/c1-2-8-36-33(43)38-24-4-6-28(25(34)20-24)45-29-7-9-35-27-21-30(46-31(27)29)26-5-3-23(22-37-26)32(42)41-14-12-39(13-15-41)10-11-40-16-18-44-19-17-40/h4-7,9,20-23H,2-3,8,10-19H2,1H3,(H2,36,38,43). The number of hydrogen-bond donors (Lipinski definition) is 2. The third-order valence-electron chi connectivity index (χ3n) is 8.37. The zero-order valence-corrected chi connectivity index (χ0v) is 26.9. The number of nitrogens with one attached hydrogen (secondary N) is 2. The van der Waals surface area contributed by atoms with E-state index in [9.17, 15) is 14.0 Å². The van der Waals surface area contributed by atoms with Crippen LogP contribution in [-0.4, -0.2) is 110 Å². The van der Waals surface area contributed by atoms with Gasteiger partial charge in [0.05, 0.1) is 39.9 Å². The molecule has 3 amide bonds. The first-order valence-electron chi connectivity index (χ1n) is 15.9. The highest BCUT2D eigenvalue weighted by atomic mass is 32.1.